The number of amides is 1. The van der Waals surface area contributed by atoms with Crippen LogP contribution in [-0.2, 0) is 11.2 Å². The molecule has 0 atom stereocenters. The van der Waals surface area contributed by atoms with E-state index in [4.69, 9.17) is 0 Å². The Labute approximate surface area is 163 Å². The van der Waals surface area contributed by atoms with Crippen LogP contribution >= 0.6 is 0 Å². The molecule has 0 radical (unpaired) electrons. The van der Waals surface area contributed by atoms with Crippen LogP contribution in [0.5, 0.6) is 0 Å². The van der Waals surface area contributed by atoms with Gasteiger partial charge >= 0.3 is 0 Å². The number of rotatable bonds is 4. The van der Waals surface area contributed by atoms with Gasteiger partial charge in [0.2, 0.25) is 11.9 Å². The average Bonchev–Trinajstić information content (AvgIpc) is 2.73. The number of aryl methyl sites for hydroxylation is 2. The molecule has 0 saturated carbocycles. The Bertz CT molecular complexity index is 1040. The maximum absolute atomic E-state index is 12.6. The van der Waals surface area contributed by atoms with E-state index in [9.17, 15) is 9.59 Å². The Hall–Kier alpha value is -3.22. The van der Waals surface area contributed by atoms with Crippen LogP contribution in [-0.4, -0.2) is 51.9 Å². The zero-order valence-electron chi connectivity index (χ0n) is 15.9. The fourth-order valence-corrected chi connectivity index (χ4v) is 3.56. The zero-order chi connectivity index (χ0) is 19.5. The third kappa shape index (κ3) is 3.88. The number of nitrogens with one attached hydrogen (secondary N) is 1. The van der Waals surface area contributed by atoms with Gasteiger partial charge in [-0.1, -0.05) is 12.1 Å². The van der Waals surface area contributed by atoms with Gasteiger partial charge in [-0.15, -0.1) is 0 Å². The first kappa shape index (κ1) is 18.2. The van der Waals surface area contributed by atoms with Gasteiger partial charge < -0.3 is 14.8 Å². The minimum absolute atomic E-state index is 0.0806. The summed E-state index contributed by atoms with van der Waals surface area (Å²) in [6.45, 7) is 4.71. The molecule has 1 aliphatic heterocycles. The smallest absolute Gasteiger partial charge is 0.251 e. The lowest BCUT2D eigenvalue weighted by atomic mass is 10.1. The third-order valence-electron chi connectivity index (χ3n) is 5.15. The number of nitrogens with zero attached hydrogens (tertiary/aromatic N) is 4. The molecule has 1 aliphatic rings. The lowest BCUT2D eigenvalue weighted by molar-refractivity contribution is -0.131. The molecule has 2 aromatic heterocycles. The third-order valence-corrected chi connectivity index (χ3v) is 5.15. The van der Waals surface area contributed by atoms with E-state index in [-0.39, 0.29) is 11.5 Å². The number of fused-ring (bicyclic) bond motifs is 1. The van der Waals surface area contributed by atoms with Crippen molar-refractivity contribution in [1.82, 2.24) is 19.9 Å². The molecule has 3 aromatic rings. The van der Waals surface area contributed by atoms with Crippen LogP contribution in [0.15, 0.2) is 47.5 Å². The van der Waals surface area contributed by atoms with Crippen molar-refractivity contribution in [2.75, 3.05) is 31.1 Å². The minimum atomic E-state index is -0.114. The summed E-state index contributed by atoms with van der Waals surface area (Å²) >= 11 is 0. The van der Waals surface area contributed by atoms with E-state index in [1.165, 1.54) is 0 Å². The van der Waals surface area contributed by atoms with Gasteiger partial charge in [-0.3, -0.25) is 9.59 Å². The summed E-state index contributed by atoms with van der Waals surface area (Å²) in [5.74, 6) is 0.782. The summed E-state index contributed by atoms with van der Waals surface area (Å²) in [6, 6.07) is 9.66. The molecule has 4 rings (SSSR count). The molecule has 3 heterocycles. The van der Waals surface area contributed by atoms with E-state index in [2.05, 4.69) is 19.9 Å². The fourth-order valence-electron chi connectivity index (χ4n) is 3.56. The number of carbonyl (C=O) groups is 1. The second-order valence-corrected chi connectivity index (χ2v) is 7.13. The minimum Gasteiger partial charge on any atom is -0.339 e. The van der Waals surface area contributed by atoms with Gasteiger partial charge in [0.1, 0.15) is 0 Å². The van der Waals surface area contributed by atoms with Gasteiger partial charge in [0.05, 0.1) is 0 Å². The molecule has 0 spiro atoms. The van der Waals surface area contributed by atoms with Crippen molar-refractivity contribution in [1.29, 1.82) is 0 Å². The summed E-state index contributed by atoms with van der Waals surface area (Å²) in [7, 11) is 0. The quantitative estimate of drug-likeness (QED) is 0.751. The Morgan fingerprint density at radius 2 is 1.86 bits per heavy atom. The lowest BCUT2D eigenvalue weighted by Gasteiger charge is -2.34. The molecule has 0 aliphatic carbocycles. The normalized spacial score (nSPS) is 14.5. The topological polar surface area (TPSA) is 82.2 Å². The number of hydrogen-bond donors (Lipinski definition) is 1. The lowest BCUT2D eigenvalue weighted by Crippen LogP contribution is -2.49. The molecule has 144 valence electrons. The number of pyridine rings is 1. The van der Waals surface area contributed by atoms with Crippen LogP contribution in [0.4, 0.5) is 5.95 Å². The zero-order valence-corrected chi connectivity index (χ0v) is 15.9. The van der Waals surface area contributed by atoms with Crippen LogP contribution in [0.2, 0.25) is 0 Å². The van der Waals surface area contributed by atoms with E-state index >= 15 is 0 Å². The van der Waals surface area contributed by atoms with Crippen molar-refractivity contribution >= 4 is 22.8 Å². The Balaban J connectivity index is 1.36. The number of aromatic amines is 1. The number of piperazine rings is 1. The molecular formula is C21H23N5O2. The summed E-state index contributed by atoms with van der Waals surface area (Å²) < 4.78 is 0. The highest BCUT2D eigenvalue weighted by Gasteiger charge is 2.22. The molecule has 1 saturated heterocycles. The largest absolute Gasteiger partial charge is 0.339 e. The van der Waals surface area contributed by atoms with Crippen LogP contribution in [0, 0.1) is 6.92 Å². The predicted molar refractivity (Wildman–Crippen MR) is 108 cm³/mol. The fraction of sp³-hybridized carbons (Fsp3) is 0.333. The predicted octanol–water partition coefficient (Wildman–Crippen LogP) is 1.91. The first-order chi connectivity index (χ1) is 13.6. The summed E-state index contributed by atoms with van der Waals surface area (Å²) in [5, 5.41) is 0.990. The van der Waals surface area contributed by atoms with Gasteiger partial charge in [-0.2, -0.15) is 0 Å². The monoisotopic (exact) mass is 377 g/mol. The van der Waals surface area contributed by atoms with E-state index in [1.807, 2.05) is 36.1 Å². The SMILES string of the molecule is Cc1ccc2cc(CCC(=O)N3CCN(c4ncccn4)CC3)c(=O)[nH]c2c1. The maximum Gasteiger partial charge on any atom is 0.251 e. The molecule has 7 heteroatoms. The number of anilines is 1. The maximum atomic E-state index is 12.6. The number of carbonyl (C=O) groups excluding carboxylic acids is 1. The molecule has 1 amide bonds. The van der Waals surface area contributed by atoms with Crippen molar-refractivity contribution in [2.45, 2.75) is 19.8 Å². The van der Waals surface area contributed by atoms with Gasteiger partial charge in [0.15, 0.2) is 0 Å². The van der Waals surface area contributed by atoms with Crippen LogP contribution in [0.3, 0.4) is 0 Å². The van der Waals surface area contributed by atoms with Crippen LogP contribution < -0.4 is 10.5 Å². The first-order valence-corrected chi connectivity index (χ1v) is 9.52. The summed E-state index contributed by atoms with van der Waals surface area (Å²) in [6.07, 6.45) is 4.23. The van der Waals surface area contributed by atoms with Gasteiger partial charge in [0.25, 0.3) is 5.56 Å². The molecule has 1 fully saturated rings. The second kappa shape index (κ2) is 7.80. The van der Waals surface area contributed by atoms with Crippen molar-refractivity contribution in [3.63, 3.8) is 0 Å². The van der Waals surface area contributed by atoms with Crippen molar-refractivity contribution < 1.29 is 4.79 Å². The summed E-state index contributed by atoms with van der Waals surface area (Å²) in [4.78, 5) is 40.3. The standard InChI is InChI=1S/C21H23N5O2/c1-15-3-4-16-14-17(20(28)24-18(16)13-15)5-6-19(27)25-9-11-26(12-10-25)21-22-7-2-8-23-21/h2-4,7-8,13-14H,5-6,9-12H2,1H3,(H,24,28). The second-order valence-electron chi connectivity index (χ2n) is 7.13. The van der Waals surface area contributed by atoms with E-state index in [1.54, 1.807) is 18.5 Å². The number of aromatic nitrogens is 3. The molecule has 0 bridgehead atoms. The van der Waals surface area contributed by atoms with E-state index < -0.39 is 0 Å². The number of H-pyrrole nitrogens is 1. The molecule has 1 N–H and O–H groups in total. The summed E-state index contributed by atoms with van der Waals surface area (Å²) in [5.41, 5.74) is 2.48. The van der Waals surface area contributed by atoms with Gasteiger partial charge in [-0.05, 0) is 42.5 Å². The van der Waals surface area contributed by atoms with Crippen molar-refractivity contribution in [2.24, 2.45) is 0 Å². The molecule has 0 unspecified atom stereocenters. The Kier molecular flexibility index (Phi) is 5.06. The highest BCUT2D eigenvalue weighted by molar-refractivity contribution is 5.80. The van der Waals surface area contributed by atoms with Crippen LogP contribution in [0.25, 0.3) is 10.9 Å². The molecule has 28 heavy (non-hydrogen) atoms. The highest BCUT2D eigenvalue weighted by Crippen LogP contribution is 2.15. The number of benzene rings is 1. The van der Waals surface area contributed by atoms with Gasteiger partial charge in [-0.25, -0.2) is 9.97 Å². The Morgan fingerprint density at radius 1 is 1.11 bits per heavy atom. The highest BCUT2D eigenvalue weighted by atomic mass is 16.2. The molecule has 7 nitrogen and oxygen atoms in total. The van der Waals surface area contributed by atoms with Gasteiger partial charge in [0, 0.05) is 56.1 Å². The van der Waals surface area contributed by atoms with Crippen LogP contribution in [0.1, 0.15) is 17.5 Å². The molecular weight excluding hydrogens is 354 g/mol. The average molecular weight is 377 g/mol. The van der Waals surface area contributed by atoms with E-state index in [0.29, 0.717) is 50.5 Å². The van der Waals surface area contributed by atoms with Crippen molar-refractivity contribution in [3.05, 3.63) is 64.2 Å². The Morgan fingerprint density at radius 3 is 2.61 bits per heavy atom. The first-order valence-electron chi connectivity index (χ1n) is 9.52. The molecule has 1 aromatic carbocycles. The van der Waals surface area contributed by atoms with E-state index in [0.717, 1.165) is 16.5 Å². The number of hydrogen-bond acceptors (Lipinski definition) is 5. The van der Waals surface area contributed by atoms with Crippen molar-refractivity contribution in [3.8, 4) is 0 Å².